The summed E-state index contributed by atoms with van der Waals surface area (Å²) in [5.41, 5.74) is 0.476. The molecule has 7 heteroatoms. The van der Waals surface area contributed by atoms with Crippen molar-refractivity contribution in [2.75, 3.05) is 13.1 Å². The lowest BCUT2D eigenvalue weighted by Crippen LogP contribution is -2.41. The lowest BCUT2D eigenvalue weighted by Gasteiger charge is -2.32. The topological polar surface area (TPSA) is 68.1 Å². The van der Waals surface area contributed by atoms with Gasteiger partial charge in [0, 0.05) is 13.1 Å². The summed E-state index contributed by atoms with van der Waals surface area (Å²) in [5, 5.41) is 8.71. The number of carbonyl (C=O) groups is 1. The van der Waals surface area contributed by atoms with Crippen LogP contribution >= 0.6 is 0 Å². The van der Waals surface area contributed by atoms with Crippen molar-refractivity contribution in [1.82, 2.24) is 19.9 Å². The van der Waals surface area contributed by atoms with Crippen molar-refractivity contribution < 1.29 is 9.18 Å². The van der Waals surface area contributed by atoms with Crippen LogP contribution in [0, 0.1) is 5.82 Å². The Balaban J connectivity index is 1.52. The predicted molar refractivity (Wildman–Crippen MR) is 94.4 cm³/mol. The van der Waals surface area contributed by atoms with E-state index in [2.05, 4.69) is 10.3 Å². The first-order valence-corrected chi connectivity index (χ1v) is 8.53. The number of hydrogen-bond donors (Lipinski definition) is 0. The monoisotopic (exact) mass is 352 g/mol. The van der Waals surface area contributed by atoms with Gasteiger partial charge in [-0.15, -0.1) is 5.10 Å². The molecule has 0 unspecified atom stereocenters. The number of halogens is 1. The van der Waals surface area contributed by atoms with E-state index >= 15 is 0 Å². The second-order valence-electron chi connectivity index (χ2n) is 6.36. The summed E-state index contributed by atoms with van der Waals surface area (Å²) >= 11 is 0. The lowest BCUT2D eigenvalue weighted by molar-refractivity contribution is 0.0682. The Labute approximate surface area is 148 Å². The van der Waals surface area contributed by atoms with Crippen LogP contribution in [0.3, 0.4) is 0 Å². The third-order valence-electron chi connectivity index (χ3n) is 4.79. The standard InChI is InChI=1S/C19H17FN4O2/c20-16-7-3-1-5-14(16)18(25)23-11-9-13(10-12-23)24-19(26)15-6-2-4-8-17(15)21-22-24/h1-8,13H,9-12H2. The van der Waals surface area contributed by atoms with Gasteiger partial charge in [0.15, 0.2) is 0 Å². The number of amides is 1. The van der Waals surface area contributed by atoms with Gasteiger partial charge in [0.2, 0.25) is 0 Å². The van der Waals surface area contributed by atoms with Crippen LogP contribution in [-0.2, 0) is 0 Å². The maximum Gasteiger partial charge on any atom is 0.277 e. The van der Waals surface area contributed by atoms with E-state index in [0.717, 1.165) is 0 Å². The first-order valence-electron chi connectivity index (χ1n) is 8.53. The number of piperidine rings is 1. The molecule has 3 aromatic rings. The molecule has 1 aliphatic rings. The quantitative estimate of drug-likeness (QED) is 0.710. The molecule has 0 radical (unpaired) electrons. The first kappa shape index (κ1) is 16.4. The van der Waals surface area contributed by atoms with Crippen LogP contribution in [0.25, 0.3) is 10.9 Å². The Kier molecular flexibility index (Phi) is 4.20. The number of fused-ring (bicyclic) bond motifs is 1. The molecule has 26 heavy (non-hydrogen) atoms. The highest BCUT2D eigenvalue weighted by atomic mass is 19.1. The number of rotatable bonds is 2. The summed E-state index contributed by atoms with van der Waals surface area (Å²) in [5.74, 6) is -0.838. The predicted octanol–water partition coefficient (Wildman–Crippen LogP) is 2.41. The van der Waals surface area contributed by atoms with Crippen molar-refractivity contribution in [3.63, 3.8) is 0 Å². The Morgan fingerprint density at radius 3 is 2.50 bits per heavy atom. The van der Waals surface area contributed by atoms with Gasteiger partial charge < -0.3 is 4.90 Å². The molecule has 6 nitrogen and oxygen atoms in total. The largest absolute Gasteiger partial charge is 0.338 e. The van der Waals surface area contributed by atoms with Gasteiger partial charge in [0.05, 0.1) is 17.0 Å². The van der Waals surface area contributed by atoms with Gasteiger partial charge >= 0.3 is 0 Å². The zero-order valence-electron chi connectivity index (χ0n) is 14.0. The number of aromatic nitrogens is 3. The SMILES string of the molecule is O=C(c1ccccc1F)N1CCC(n2nnc3ccccc3c2=O)CC1. The van der Waals surface area contributed by atoms with Crippen molar-refractivity contribution in [3.05, 3.63) is 70.3 Å². The van der Waals surface area contributed by atoms with E-state index in [1.807, 2.05) is 6.07 Å². The van der Waals surface area contributed by atoms with Crippen LogP contribution in [0.1, 0.15) is 29.2 Å². The molecule has 132 valence electrons. The summed E-state index contributed by atoms with van der Waals surface area (Å²) in [6.45, 7) is 0.886. The second-order valence-corrected chi connectivity index (χ2v) is 6.36. The molecular formula is C19H17FN4O2. The van der Waals surface area contributed by atoms with E-state index in [-0.39, 0.29) is 23.1 Å². The highest BCUT2D eigenvalue weighted by Gasteiger charge is 2.27. The normalized spacial score (nSPS) is 15.3. The van der Waals surface area contributed by atoms with E-state index in [1.165, 1.54) is 16.8 Å². The van der Waals surface area contributed by atoms with E-state index in [4.69, 9.17) is 0 Å². The Morgan fingerprint density at radius 2 is 1.73 bits per heavy atom. The van der Waals surface area contributed by atoms with Crippen molar-refractivity contribution in [1.29, 1.82) is 0 Å². The van der Waals surface area contributed by atoms with E-state index in [0.29, 0.717) is 36.8 Å². The Bertz CT molecular complexity index is 1030. The molecule has 1 amide bonds. The summed E-state index contributed by atoms with van der Waals surface area (Å²) in [4.78, 5) is 26.8. The number of nitrogens with zero attached hydrogens (tertiary/aromatic N) is 4. The highest BCUT2D eigenvalue weighted by molar-refractivity contribution is 5.94. The molecule has 0 N–H and O–H groups in total. The average Bonchev–Trinajstić information content (AvgIpc) is 2.69. The Morgan fingerprint density at radius 1 is 1.04 bits per heavy atom. The minimum absolute atomic E-state index is 0.0774. The maximum absolute atomic E-state index is 13.8. The summed E-state index contributed by atoms with van der Waals surface area (Å²) in [6.07, 6.45) is 1.15. The Hall–Kier alpha value is -3.09. The van der Waals surface area contributed by atoms with Crippen LogP contribution in [0.5, 0.6) is 0 Å². The van der Waals surface area contributed by atoms with Crippen LogP contribution in [0.4, 0.5) is 4.39 Å². The van der Waals surface area contributed by atoms with Gasteiger partial charge in [0.25, 0.3) is 11.5 Å². The number of likely N-dealkylation sites (tertiary alicyclic amines) is 1. The number of hydrogen-bond acceptors (Lipinski definition) is 4. The fourth-order valence-corrected chi connectivity index (χ4v) is 3.36. The molecule has 1 fully saturated rings. The molecular weight excluding hydrogens is 335 g/mol. The zero-order valence-corrected chi connectivity index (χ0v) is 14.0. The van der Waals surface area contributed by atoms with Crippen LogP contribution in [0.2, 0.25) is 0 Å². The van der Waals surface area contributed by atoms with E-state index < -0.39 is 5.82 Å². The van der Waals surface area contributed by atoms with Crippen LogP contribution in [0.15, 0.2) is 53.3 Å². The molecule has 0 spiro atoms. The van der Waals surface area contributed by atoms with E-state index in [9.17, 15) is 14.0 Å². The van der Waals surface area contributed by atoms with E-state index in [1.54, 1.807) is 35.2 Å². The lowest BCUT2D eigenvalue weighted by atomic mass is 10.0. The molecule has 0 atom stereocenters. The molecule has 1 saturated heterocycles. The van der Waals surface area contributed by atoms with Crippen molar-refractivity contribution in [2.24, 2.45) is 0 Å². The summed E-state index contributed by atoms with van der Waals surface area (Å²) in [7, 11) is 0. The third kappa shape index (κ3) is 2.85. The zero-order chi connectivity index (χ0) is 18.1. The molecule has 2 heterocycles. The van der Waals surface area contributed by atoms with Gasteiger partial charge in [0.1, 0.15) is 11.3 Å². The van der Waals surface area contributed by atoms with Crippen molar-refractivity contribution in [3.8, 4) is 0 Å². The molecule has 0 saturated carbocycles. The van der Waals surface area contributed by atoms with Gasteiger partial charge in [-0.25, -0.2) is 9.07 Å². The van der Waals surface area contributed by atoms with Gasteiger partial charge in [-0.2, -0.15) is 0 Å². The van der Waals surface area contributed by atoms with Gasteiger partial charge in [-0.1, -0.05) is 29.5 Å². The number of carbonyl (C=O) groups excluding carboxylic acids is 1. The minimum atomic E-state index is -0.517. The fraction of sp³-hybridized carbons (Fsp3) is 0.263. The molecule has 1 aliphatic heterocycles. The molecule has 0 aliphatic carbocycles. The second kappa shape index (κ2) is 6.67. The third-order valence-corrected chi connectivity index (χ3v) is 4.79. The molecule has 0 bridgehead atoms. The summed E-state index contributed by atoms with van der Waals surface area (Å²) in [6, 6.07) is 13.0. The molecule has 2 aromatic carbocycles. The van der Waals surface area contributed by atoms with Crippen molar-refractivity contribution >= 4 is 16.8 Å². The minimum Gasteiger partial charge on any atom is -0.338 e. The smallest absolute Gasteiger partial charge is 0.277 e. The van der Waals surface area contributed by atoms with Crippen molar-refractivity contribution in [2.45, 2.75) is 18.9 Å². The van der Waals surface area contributed by atoms with Gasteiger partial charge in [-0.3, -0.25) is 9.59 Å². The molecule has 4 rings (SSSR count). The number of benzene rings is 2. The maximum atomic E-state index is 13.8. The fourth-order valence-electron chi connectivity index (χ4n) is 3.36. The molecule has 1 aromatic heterocycles. The highest BCUT2D eigenvalue weighted by Crippen LogP contribution is 2.22. The first-order chi connectivity index (χ1) is 12.6. The average molecular weight is 352 g/mol. The van der Waals surface area contributed by atoms with Gasteiger partial charge in [-0.05, 0) is 37.1 Å². The van der Waals surface area contributed by atoms with Crippen LogP contribution < -0.4 is 5.56 Å². The summed E-state index contributed by atoms with van der Waals surface area (Å²) < 4.78 is 15.2. The van der Waals surface area contributed by atoms with Crippen LogP contribution in [-0.4, -0.2) is 38.9 Å².